The monoisotopic (exact) mass is 249 g/mol. The number of hydrogen-bond acceptors (Lipinski definition) is 3. The van der Waals surface area contributed by atoms with Crippen LogP contribution in [-0.2, 0) is 9.53 Å². The van der Waals surface area contributed by atoms with E-state index >= 15 is 0 Å². The van der Waals surface area contributed by atoms with Gasteiger partial charge >= 0.3 is 0 Å². The van der Waals surface area contributed by atoms with E-state index in [-0.39, 0.29) is 5.91 Å². The SMILES string of the molecule is CC1=C(CC(=O)Nc2ccccc2)SCCO1. The van der Waals surface area contributed by atoms with Gasteiger partial charge in [-0.25, -0.2) is 0 Å². The predicted molar refractivity (Wildman–Crippen MR) is 70.8 cm³/mol. The summed E-state index contributed by atoms with van der Waals surface area (Å²) in [6, 6.07) is 9.48. The standard InChI is InChI=1S/C13H15NO2S/c1-10-12(17-8-7-16-10)9-13(15)14-11-5-3-2-4-6-11/h2-6H,7-9H2,1H3,(H,14,15). The number of rotatable bonds is 3. The maximum absolute atomic E-state index is 11.8. The number of nitrogens with one attached hydrogen (secondary N) is 1. The molecule has 0 aliphatic carbocycles. The molecule has 0 atom stereocenters. The maximum atomic E-state index is 11.8. The van der Waals surface area contributed by atoms with Gasteiger partial charge < -0.3 is 10.1 Å². The lowest BCUT2D eigenvalue weighted by atomic mass is 10.3. The Bertz CT molecular complexity index is 428. The van der Waals surface area contributed by atoms with Crippen molar-refractivity contribution in [3.8, 4) is 0 Å². The highest BCUT2D eigenvalue weighted by Crippen LogP contribution is 2.28. The molecule has 1 aliphatic rings. The fraction of sp³-hybridized carbons (Fsp3) is 0.308. The Kier molecular flexibility index (Phi) is 4.09. The summed E-state index contributed by atoms with van der Waals surface area (Å²) in [6.45, 7) is 2.65. The lowest BCUT2D eigenvalue weighted by Gasteiger charge is -2.18. The lowest BCUT2D eigenvalue weighted by Crippen LogP contribution is -2.14. The van der Waals surface area contributed by atoms with Gasteiger partial charge in [0.25, 0.3) is 0 Å². The minimum absolute atomic E-state index is 0.00329. The molecular formula is C13H15NO2S. The van der Waals surface area contributed by atoms with Gasteiger partial charge in [0.2, 0.25) is 5.91 Å². The number of benzene rings is 1. The molecule has 3 nitrogen and oxygen atoms in total. The smallest absolute Gasteiger partial charge is 0.229 e. The molecule has 0 aromatic heterocycles. The van der Waals surface area contributed by atoms with E-state index in [4.69, 9.17) is 4.74 Å². The summed E-state index contributed by atoms with van der Waals surface area (Å²) >= 11 is 1.70. The molecule has 1 heterocycles. The Balaban J connectivity index is 1.94. The van der Waals surface area contributed by atoms with Gasteiger partial charge in [0.15, 0.2) is 0 Å². The van der Waals surface area contributed by atoms with Crippen molar-refractivity contribution >= 4 is 23.4 Å². The Morgan fingerprint density at radius 3 is 2.88 bits per heavy atom. The van der Waals surface area contributed by atoms with E-state index in [1.165, 1.54) is 0 Å². The second-order valence-corrected chi connectivity index (χ2v) is 4.96. The molecule has 0 bridgehead atoms. The second-order valence-electron chi connectivity index (χ2n) is 3.77. The average Bonchev–Trinajstić information content (AvgIpc) is 2.33. The number of anilines is 1. The van der Waals surface area contributed by atoms with E-state index in [0.29, 0.717) is 6.42 Å². The zero-order valence-corrected chi connectivity index (χ0v) is 10.5. The number of hydrogen-bond donors (Lipinski definition) is 1. The quantitative estimate of drug-likeness (QED) is 0.895. The third kappa shape index (κ3) is 3.53. The van der Waals surface area contributed by atoms with Crippen molar-refractivity contribution in [2.75, 3.05) is 17.7 Å². The molecule has 4 heteroatoms. The van der Waals surface area contributed by atoms with Crippen molar-refractivity contribution in [2.24, 2.45) is 0 Å². The number of para-hydroxylation sites is 1. The molecule has 0 unspecified atom stereocenters. The largest absolute Gasteiger partial charge is 0.497 e. The van der Waals surface area contributed by atoms with Crippen molar-refractivity contribution in [2.45, 2.75) is 13.3 Å². The highest BCUT2D eigenvalue weighted by atomic mass is 32.2. The maximum Gasteiger partial charge on any atom is 0.229 e. The zero-order valence-electron chi connectivity index (χ0n) is 9.73. The summed E-state index contributed by atoms with van der Waals surface area (Å²) in [5.74, 6) is 1.80. The number of ether oxygens (including phenoxy) is 1. The van der Waals surface area contributed by atoms with Crippen LogP contribution in [0.15, 0.2) is 41.0 Å². The van der Waals surface area contributed by atoms with Crippen LogP contribution in [0.2, 0.25) is 0 Å². The topological polar surface area (TPSA) is 38.3 Å². The predicted octanol–water partition coefficient (Wildman–Crippen LogP) is 3.01. The third-order valence-corrected chi connectivity index (χ3v) is 3.60. The molecular weight excluding hydrogens is 234 g/mol. The van der Waals surface area contributed by atoms with E-state index in [2.05, 4.69) is 5.32 Å². The number of carbonyl (C=O) groups excluding carboxylic acids is 1. The van der Waals surface area contributed by atoms with E-state index in [9.17, 15) is 4.79 Å². The minimum Gasteiger partial charge on any atom is -0.497 e. The molecule has 1 aromatic rings. The van der Waals surface area contributed by atoms with Crippen LogP contribution in [0.25, 0.3) is 0 Å². The molecule has 90 valence electrons. The van der Waals surface area contributed by atoms with Crippen LogP contribution in [0.5, 0.6) is 0 Å². The summed E-state index contributed by atoms with van der Waals surface area (Å²) < 4.78 is 5.42. The summed E-state index contributed by atoms with van der Waals surface area (Å²) in [7, 11) is 0. The number of thioether (sulfide) groups is 1. The highest BCUT2D eigenvalue weighted by Gasteiger charge is 2.14. The van der Waals surface area contributed by atoms with Gasteiger partial charge in [-0.1, -0.05) is 18.2 Å². The molecule has 0 spiro atoms. The van der Waals surface area contributed by atoms with Gasteiger partial charge in [0.05, 0.1) is 13.0 Å². The first-order chi connectivity index (χ1) is 8.25. The first-order valence-electron chi connectivity index (χ1n) is 5.56. The van der Waals surface area contributed by atoms with Crippen LogP contribution in [0.3, 0.4) is 0 Å². The molecule has 17 heavy (non-hydrogen) atoms. The molecule has 0 fully saturated rings. The minimum atomic E-state index is 0.00329. The zero-order chi connectivity index (χ0) is 12.1. The van der Waals surface area contributed by atoms with Crippen LogP contribution in [-0.4, -0.2) is 18.3 Å². The molecule has 1 N–H and O–H groups in total. The van der Waals surface area contributed by atoms with E-state index in [0.717, 1.165) is 28.7 Å². The van der Waals surface area contributed by atoms with Gasteiger partial charge in [-0.2, -0.15) is 0 Å². The fourth-order valence-electron chi connectivity index (χ4n) is 1.59. The van der Waals surface area contributed by atoms with Crippen LogP contribution in [0.1, 0.15) is 13.3 Å². The lowest BCUT2D eigenvalue weighted by molar-refractivity contribution is -0.115. The Labute approximate surface area is 105 Å². The first kappa shape index (κ1) is 12.0. The molecule has 2 rings (SSSR count). The van der Waals surface area contributed by atoms with Gasteiger partial charge in [0, 0.05) is 16.3 Å². The first-order valence-corrected chi connectivity index (χ1v) is 6.54. The molecule has 0 radical (unpaired) electrons. The molecule has 0 saturated carbocycles. The number of allylic oxidation sites excluding steroid dienone is 1. The second kappa shape index (κ2) is 5.77. The normalized spacial score (nSPS) is 15.4. The van der Waals surface area contributed by atoms with Crippen LogP contribution >= 0.6 is 11.8 Å². The average molecular weight is 249 g/mol. The number of amides is 1. The van der Waals surface area contributed by atoms with Crippen molar-refractivity contribution in [3.63, 3.8) is 0 Å². The van der Waals surface area contributed by atoms with Crippen molar-refractivity contribution in [1.82, 2.24) is 0 Å². The van der Waals surface area contributed by atoms with Gasteiger partial charge in [-0.05, 0) is 19.1 Å². The van der Waals surface area contributed by atoms with Gasteiger partial charge in [0.1, 0.15) is 5.76 Å². The Morgan fingerprint density at radius 1 is 1.41 bits per heavy atom. The van der Waals surface area contributed by atoms with Crippen molar-refractivity contribution in [1.29, 1.82) is 0 Å². The Hall–Kier alpha value is -1.42. The van der Waals surface area contributed by atoms with Crippen LogP contribution in [0, 0.1) is 0 Å². The van der Waals surface area contributed by atoms with E-state index in [1.54, 1.807) is 11.8 Å². The van der Waals surface area contributed by atoms with Gasteiger partial charge in [-0.15, -0.1) is 11.8 Å². The van der Waals surface area contributed by atoms with Crippen LogP contribution in [0.4, 0.5) is 5.69 Å². The molecule has 1 amide bonds. The molecule has 0 saturated heterocycles. The van der Waals surface area contributed by atoms with Crippen LogP contribution < -0.4 is 5.32 Å². The summed E-state index contributed by atoms with van der Waals surface area (Å²) in [5.41, 5.74) is 0.831. The summed E-state index contributed by atoms with van der Waals surface area (Å²) in [6.07, 6.45) is 0.394. The summed E-state index contributed by atoms with van der Waals surface area (Å²) in [4.78, 5) is 12.8. The third-order valence-electron chi connectivity index (χ3n) is 2.45. The van der Waals surface area contributed by atoms with Crippen molar-refractivity contribution in [3.05, 3.63) is 41.0 Å². The fourth-order valence-corrected chi connectivity index (χ4v) is 2.50. The van der Waals surface area contributed by atoms with Gasteiger partial charge in [-0.3, -0.25) is 4.79 Å². The summed E-state index contributed by atoms with van der Waals surface area (Å²) in [5, 5.41) is 2.87. The molecule has 1 aromatic carbocycles. The van der Waals surface area contributed by atoms with E-state index < -0.39 is 0 Å². The highest BCUT2D eigenvalue weighted by molar-refractivity contribution is 8.03. The molecule has 1 aliphatic heterocycles. The Morgan fingerprint density at radius 2 is 2.18 bits per heavy atom. The van der Waals surface area contributed by atoms with E-state index in [1.807, 2.05) is 37.3 Å². The number of carbonyl (C=O) groups is 1. The van der Waals surface area contributed by atoms with Crippen molar-refractivity contribution < 1.29 is 9.53 Å².